The molecule has 1 atom stereocenters. The highest BCUT2D eigenvalue weighted by Gasteiger charge is 2.16. The summed E-state index contributed by atoms with van der Waals surface area (Å²) in [6, 6.07) is 15.6. The quantitative estimate of drug-likeness (QED) is 0.413. The van der Waals surface area contributed by atoms with E-state index in [1.54, 1.807) is 33.5 Å². The van der Waals surface area contributed by atoms with Gasteiger partial charge < -0.3 is 11.1 Å². The summed E-state index contributed by atoms with van der Waals surface area (Å²) in [7, 11) is 1.88. The molecule has 1 unspecified atom stereocenters. The predicted molar refractivity (Wildman–Crippen MR) is 128 cm³/mol. The Hall–Kier alpha value is -4.01. The fourth-order valence-corrected chi connectivity index (χ4v) is 3.76. The molecule has 0 aliphatic heterocycles. The number of aryl methyl sites for hydroxylation is 1. The number of nitrogens with two attached hydrogens (primary N) is 1. The number of hydrogen-bond donors (Lipinski definition) is 2. The van der Waals surface area contributed by atoms with E-state index in [-0.39, 0.29) is 5.91 Å². The lowest BCUT2D eigenvalue weighted by Gasteiger charge is -2.13. The molecule has 9 heteroatoms. The van der Waals surface area contributed by atoms with E-state index >= 15 is 0 Å². The number of halogens is 1. The van der Waals surface area contributed by atoms with Crippen LogP contribution < -0.4 is 11.1 Å². The first-order chi connectivity index (χ1) is 16.0. The molecule has 3 N–H and O–H groups in total. The molecule has 2 aromatic carbocycles. The minimum absolute atomic E-state index is 0.304. The van der Waals surface area contributed by atoms with Crippen molar-refractivity contribution in [2.24, 2.45) is 12.8 Å². The molecule has 0 aliphatic carbocycles. The van der Waals surface area contributed by atoms with E-state index in [4.69, 9.17) is 17.3 Å². The topological polar surface area (TPSA) is 103 Å². The van der Waals surface area contributed by atoms with Crippen molar-refractivity contribution >= 4 is 28.7 Å². The molecule has 0 saturated carbocycles. The van der Waals surface area contributed by atoms with Crippen LogP contribution in [0.3, 0.4) is 0 Å². The molecule has 0 saturated heterocycles. The Labute approximate surface area is 194 Å². The van der Waals surface area contributed by atoms with Crippen LogP contribution in [-0.4, -0.2) is 30.3 Å². The Morgan fingerprint density at radius 1 is 1.00 bits per heavy atom. The molecule has 33 heavy (non-hydrogen) atoms. The van der Waals surface area contributed by atoms with Crippen molar-refractivity contribution in [3.8, 4) is 22.4 Å². The van der Waals surface area contributed by atoms with Gasteiger partial charge in [-0.05, 0) is 35.9 Å². The van der Waals surface area contributed by atoms with Crippen LogP contribution in [0.2, 0.25) is 5.02 Å². The van der Waals surface area contributed by atoms with Crippen molar-refractivity contribution in [2.45, 2.75) is 6.04 Å². The lowest BCUT2D eigenvalue weighted by atomic mass is 10.1. The predicted octanol–water partition coefficient (Wildman–Crippen LogP) is 4.09. The average molecular weight is 458 g/mol. The summed E-state index contributed by atoms with van der Waals surface area (Å²) in [5, 5.41) is 12.0. The Morgan fingerprint density at radius 2 is 1.76 bits per heavy atom. The van der Waals surface area contributed by atoms with E-state index in [0.29, 0.717) is 16.3 Å². The van der Waals surface area contributed by atoms with E-state index in [1.807, 2.05) is 56.0 Å². The first kappa shape index (κ1) is 20.9. The Morgan fingerprint density at radius 3 is 2.45 bits per heavy atom. The number of amides is 1. The van der Waals surface area contributed by atoms with Crippen LogP contribution in [0.1, 0.15) is 11.6 Å². The zero-order valence-electron chi connectivity index (χ0n) is 17.7. The summed E-state index contributed by atoms with van der Waals surface area (Å²) in [6.45, 7) is 0. The minimum atomic E-state index is -0.796. The monoisotopic (exact) mass is 457 g/mol. The van der Waals surface area contributed by atoms with Crippen LogP contribution >= 0.6 is 11.6 Å². The maximum atomic E-state index is 12.6. The van der Waals surface area contributed by atoms with Crippen LogP contribution in [0.4, 0.5) is 5.69 Å². The standard InChI is InChI=1S/C24H20ClN7O/c1-31-12-18(11-28-31)17-10-21-23(27-14-29-32(21)13-17)16-4-8-20(9-5-16)30-24(33)22(26)15-2-6-19(25)7-3-15/h2-14,22H,26H2,1H3,(H,30,33). The number of rotatable bonds is 5. The van der Waals surface area contributed by atoms with Gasteiger partial charge >= 0.3 is 0 Å². The zero-order valence-corrected chi connectivity index (χ0v) is 18.4. The molecular weight excluding hydrogens is 438 g/mol. The van der Waals surface area contributed by atoms with Gasteiger partial charge in [-0.15, -0.1) is 0 Å². The number of aromatic nitrogens is 5. The maximum absolute atomic E-state index is 12.6. The molecule has 5 rings (SSSR count). The van der Waals surface area contributed by atoms with Crippen molar-refractivity contribution in [2.75, 3.05) is 5.32 Å². The van der Waals surface area contributed by atoms with Crippen molar-refractivity contribution in [3.05, 3.63) is 90.1 Å². The van der Waals surface area contributed by atoms with Crippen LogP contribution in [0.5, 0.6) is 0 Å². The number of hydrogen-bond acceptors (Lipinski definition) is 5. The molecule has 0 bridgehead atoms. The largest absolute Gasteiger partial charge is 0.324 e. The highest BCUT2D eigenvalue weighted by atomic mass is 35.5. The van der Waals surface area contributed by atoms with Gasteiger partial charge in [0.2, 0.25) is 5.91 Å². The summed E-state index contributed by atoms with van der Waals surface area (Å²) < 4.78 is 3.56. The molecule has 0 fully saturated rings. The van der Waals surface area contributed by atoms with Crippen molar-refractivity contribution < 1.29 is 4.79 Å². The zero-order chi connectivity index (χ0) is 22.9. The van der Waals surface area contributed by atoms with Gasteiger partial charge in [-0.25, -0.2) is 9.50 Å². The molecule has 164 valence electrons. The number of carbonyl (C=O) groups is 1. The first-order valence-corrected chi connectivity index (χ1v) is 10.6. The average Bonchev–Trinajstić information content (AvgIpc) is 3.45. The van der Waals surface area contributed by atoms with Gasteiger partial charge in [-0.1, -0.05) is 35.9 Å². The summed E-state index contributed by atoms with van der Waals surface area (Å²) in [5.74, 6) is -0.304. The molecule has 0 spiro atoms. The second-order valence-corrected chi connectivity index (χ2v) is 8.10. The molecule has 3 aromatic heterocycles. The summed E-state index contributed by atoms with van der Waals surface area (Å²) in [6.07, 6.45) is 7.24. The molecule has 3 heterocycles. The van der Waals surface area contributed by atoms with Crippen LogP contribution in [0.25, 0.3) is 27.9 Å². The molecule has 0 aliphatic rings. The molecule has 0 radical (unpaired) electrons. The Kier molecular flexibility index (Phi) is 5.37. The van der Waals surface area contributed by atoms with E-state index in [2.05, 4.69) is 20.5 Å². The van der Waals surface area contributed by atoms with E-state index in [0.717, 1.165) is 27.9 Å². The molecule has 5 aromatic rings. The smallest absolute Gasteiger partial charge is 0.245 e. The Bertz CT molecular complexity index is 1440. The lowest BCUT2D eigenvalue weighted by molar-refractivity contribution is -0.117. The number of anilines is 1. The van der Waals surface area contributed by atoms with Crippen LogP contribution in [0.15, 0.2) is 79.5 Å². The van der Waals surface area contributed by atoms with E-state index < -0.39 is 6.04 Å². The SMILES string of the molecule is Cn1cc(-c2cc3c(-c4ccc(NC(=O)C(N)c5ccc(Cl)cc5)cc4)ncnn3c2)cn1. The van der Waals surface area contributed by atoms with Gasteiger partial charge in [-0.2, -0.15) is 10.2 Å². The second-order valence-electron chi connectivity index (χ2n) is 7.67. The van der Waals surface area contributed by atoms with Gasteiger partial charge in [0, 0.05) is 46.8 Å². The fourth-order valence-electron chi connectivity index (χ4n) is 3.63. The third kappa shape index (κ3) is 4.21. The molecular formula is C24H20ClN7O. The number of nitrogens with zero attached hydrogens (tertiary/aromatic N) is 5. The molecule has 8 nitrogen and oxygen atoms in total. The van der Waals surface area contributed by atoms with Crippen molar-refractivity contribution in [1.82, 2.24) is 24.4 Å². The van der Waals surface area contributed by atoms with E-state index in [9.17, 15) is 4.79 Å². The second kappa shape index (κ2) is 8.50. The summed E-state index contributed by atoms with van der Waals surface area (Å²) in [5.41, 5.74) is 12.0. The number of benzene rings is 2. The number of fused-ring (bicyclic) bond motifs is 1. The van der Waals surface area contributed by atoms with Crippen LogP contribution in [-0.2, 0) is 11.8 Å². The highest BCUT2D eigenvalue weighted by Crippen LogP contribution is 2.28. The molecule has 1 amide bonds. The third-order valence-electron chi connectivity index (χ3n) is 5.38. The highest BCUT2D eigenvalue weighted by molar-refractivity contribution is 6.30. The number of nitrogens with one attached hydrogen (secondary N) is 1. The third-order valence-corrected chi connectivity index (χ3v) is 5.63. The van der Waals surface area contributed by atoms with Gasteiger partial charge in [0.15, 0.2) is 0 Å². The van der Waals surface area contributed by atoms with Crippen LogP contribution in [0, 0.1) is 0 Å². The van der Waals surface area contributed by atoms with Gasteiger partial charge in [0.05, 0.1) is 17.4 Å². The number of carbonyl (C=O) groups excluding carboxylic acids is 1. The lowest BCUT2D eigenvalue weighted by Crippen LogP contribution is -2.27. The van der Waals surface area contributed by atoms with E-state index in [1.165, 1.54) is 6.33 Å². The van der Waals surface area contributed by atoms with Crippen molar-refractivity contribution in [3.63, 3.8) is 0 Å². The summed E-state index contributed by atoms with van der Waals surface area (Å²) in [4.78, 5) is 17.1. The summed E-state index contributed by atoms with van der Waals surface area (Å²) >= 11 is 5.91. The van der Waals surface area contributed by atoms with Gasteiger partial charge in [-0.3, -0.25) is 9.48 Å². The normalized spacial score (nSPS) is 12.1. The van der Waals surface area contributed by atoms with Crippen molar-refractivity contribution in [1.29, 1.82) is 0 Å². The fraction of sp³-hybridized carbons (Fsp3) is 0.0833. The maximum Gasteiger partial charge on any atom is 0.245 e. The Balaban J connectivity index is 1.37. The minimum Gasteiger partial charge on any atom is -0.324 e. The van der Waals surface area contributed by atoms with Gasteiger partial charge in [0.25, 0.3) is 0 Å². The first-order valence-electron chi connectivity index (χ1n) is 10.2. The van der Waals surface area contributed by atoms with Gasteiger partial charge in [0.1, 0.15) is 12.4 Å².